The van der Waals surface area contributed by atoms with Crippen LogP contribution in [0.4, 0.5) is 0 Å². The van der Waals surface area contributed by atoms with Gasteiger partial charge in [0, 0.05) is 4.88 Å². The minimum atomic E-state index is 0.198. The predicted molar refractivity (Wildman–Crippen MR) is 69.4 cm³/mol. The fourth-order valence-electron chi connectivity index (χ4n) is 1.09. The summed E-state index contributed by atoms with van der Waals surface area (Å²) >= 11 is 18.5. The molecule has 0 amide bonds. The Morgan fingerprint density at radius 2 is 2.00 bits per heavy atom. The molecule has 5 heteroatoms. The van der Waals surface area contributed by atoms with Gasteiger partial charge in [0.15, 0.2) is 0 Å². The van der Waals surface area contributed by atoms with E-state index >= 15 is 0 Å². The SMILES string of the molecule is Clc1cc(C(Br)c2ccc(Cl)s2)cs1. The molecule has 74 valence electrons. The van der Waals surface area contributed by atoms with Crippen molar-refractivity contribution in [3.8, 4) is 0 Å². The average Bonchev–Trinajstić information content (AvgIpc) is 2.73. The second-order valence-corrected chi connectivity index (χ2v) is 6.89. The summed E-state index contributed by atoms with van der Waals surface area (Å²) in [5, 5.41) is 2.05. The molecule has 0 bridgehead atoms. The predicted octanol–water partition coefficient (Wildman–Crippen LogP) is 5.60. The quantitative estimate of drug-likeness (QED) is 0.630. The molecule has 0 saturated heterocycles. The normalized spacial score (nSPS) is 13.1. The van der Waals surface area contributed by atoms with Gasteiger partial charge in [0.2, 0.25) is 0 Å². The van der Waals surface area contributed by atoms with Crippen LogP contribution < -0.4 is 0 Å². The highest BCUT2D eigenvalue weighted by molar-refractivity contribution is 9.09. The van der Waals surface area contributed by atoms with Crippen molar-refractivity contribution in [2.45, 2.75) is 4.83 Å². The number of halogens is 3. The van der Waals surface area contributed by atoms with E-state index in [9.17, 15) is 0 Å². The Labute approximate surface area is 109 Å². The van der Waals surface area contributed by atoms with Crippen LogP contribution in [-0.2, 0) is 0 Å². The molecule has 0 aliphatic heterocycles. The first-order valence-corrected chi connectivity index (χ1v) is 7.17. The van der Waals surface area contributed by atoms with E-state index in [1.165, 1.54) is 10.4 Å². The van der Waals surface area contributed by atoms with Crippen molar-refractivity contribution in [1.82, 2.24) is 0 Å². The number of alkyl halides is 1. The van der Waals surface area contributed by atoms with Crippen molar-refractivity contribution < 1.29 is 0 Å². The van der Waals surface area contributed by atoms with Gasteiger partial charge in [-0.05, 0) is 29.1 Å². The van der Waals surface area contributed by atoms with Crippen molar-refractivity contribution in [3.63, 3.8) is 0 Å². The van der Waals surface area contributed by atoms with E-state index in [1.807, 2.05) is 18.2 Å². The lowest BCUT2D eigenvalue weighted by molar-refractivity contribution is 1.25. The molecule has 2 heterocycles. The summed E-state index contributed by atoms with van der Waals surface area (Å²) in [7, 11) is 0. The van der Waals surface area contributed by atoms with Crippen molar-refractivity contribution in [3.05, 3.63) is 42.7 Å². The van der Waals surface area contributed by atoms with Gasteiger partial charge in [-0.2, -0.15) is 0 Å². The Kier molecular flexibility index (Phi) is 3.55. The third-order valence-corrected chi connectivity index (χ3v) is 5.45. The summed E-state index contributed by atoms with van der Waals surface area (Å²) in [5.74, 6) is 0. The van der Waals surface area contributed by atoms with E-state index in [0.29, 0.717) is 0 Å². The average molecular weight is 328 g/mol. The molecule has 0 N–H and O–H groups in total. The first kappa shape index (κ1) is 11.0. The highest BCUT2D eigenvalue weighted by atomic mass is 79.9. The number of hydrogen-bond acceptors (Lipinski definition) is 2. The summed E-state index contributed by atoms with van der Waals surface area (Å²) in [6.07, 6.45) is 0. The van der Waals surface area contributed by atoms with Crippen molar-refractivity contribution in [1.29, 1.82) is 0 Å². The molecule has 0 radical (unpaired) electrons. The second-order valence-electron chi connectivity index (χ2n) is 2.69. The van der Waals surface area contributed by atoms with Gasteiger partial charge in [-0.1, -0.05) is 39.1 Å². The smallest absolute Gasteiger partial charge is 0.0931 e. The summed E-state index contributed by atoms with van der Waals surface area (Å²) in [6, 6.07) is 5.90. The maximum Gasteiger partial charge on any atom is 0.0931 e. The van der Waals surface area contributed by atoms with Crippen LogP contribution in [0.15, 0.2) is 23.6 Å². The second kappa shape index (κ2) is 4.54. The van der Waals surface area contributed by atoms with Crippen molar-refractivity contribution >= 4 is 61.8 Å². The van der Waals surface area contributed by atoms with Gasteiger partial charge in [0.05, 0.1) is 13.5 Å². The molecule has 2 aromatic heterocycles. The number of rotatable bonds is 2. The monoisotopic (exact) mass is 326 g/mol. The molecular weight excluding hydrogens is 323 g/mol. The zero-order valence-electron chi connectivity index (χ0n) is 6.84. The zero-order chi connectivity index (χ0) is 10.1. The third kappa shape index (κ3) is 2.34. The standard InChI is InChI=1S/C9H5BrCl2S2/c10-9(5-3-8(12)13-4-5)6-1-2-7(11)14-6/h1-4,9H. The van der Waals surface area contributed by atoms with E-state index in [-0.39, 0.29) is 4.83 Å². The summed E-state index contributed by atoms with van der Waals surface area (Å²) < 4.78 is 1.62. The molecule has 0 saturated carbocycles. The van der Waals surface area contributed by atoms with Gasteiger partial charge < -0.3 is 0 Å². The molecule has 0 nitrogen and oxygen atoms in total. The minimum Gasteiger partial charge on any atom is -0.132 e. The lowest BCUT2D eigenvalue weighted by atomic mass is 10.2. The van der Waals surface area contributed by atoms with E-state index in [1.54, 1.807) is 22.7 Å². The van der Waals surface area contributed by atoms with E-state index in [0.717, 1.165) is 8.67 Å². The Hall–Kier alpha value is 0.460. The molecule has 1 unspecified atom stereocenters. The Bertz CT molecular complexity index is 395. The molecule has 0 fully saturated rings. The largest absolute Gasteiger partial charge is 0.132 e. The summed E-state index contributed by atoms with van der Waals surface area (Å²) in [5.41, 5.74) is 1.18. The maximum absolute atomic E-state index is 5.87. The van der Waals surface area contributed by atoms with Gasteiger partial charge in [-0.3, -0.25) is 0 Å². The van der Waals surface area contributed by atoms with Crippen LogP contribution in [-0.4, -0.2) is 0 Å². The summed E-state index contributed by atoms with van der Waals surface area (Å²) in [6.45, 7) is 0. The highest BCUT2D eigenvalue weighted by Crippen LogP contribution is 2.39. The van der Waals surface area contributed by atoms with Gasteiger partial charge in [0.25, 0.3) is 0 Å². The third-order valence-electron chi connectivity index (χ3n) is 1.72. The Morgan fingerprint density at radius 3 is 2.50 bits per heavy atom. The lowest BCUT2D eigenvalue weighted by Crippen LogP contribution is -1.84. The minimum absolute atomic E-state index is 0.198. The Balaban J connectivity index is 2.28. The molecule has 0 spiro atoms. The van der Waals surface area contributed by atoms with Gasteiger partial charge in [-0.25, -0.2) is 0 Å². The summed E-state index contributed by atoms with van der Waals surface area (Å²) in [4.78, 5) is 1.40. The molecule has 2 aromatic rings. The first-order chi connectivity index (χ1) is 6.66. The van der Waals surface area contributed by atoms with Gasteiger partial charge in [0.1, 0.15) is 0 Å². The van der Waals surface area contributed by atoms with Crippen LogP contribution >= 0.6 is 61.8 Å². The first-order valence-electron chi connectivity index (χ1n) is 3.80. The van der Waals surface area contributed by atoms with E-state index in [4.69, 9.17) is 23.2 Å². The fraction of sp³-hybridized carbons (Fsp3) is 0.111. The number of hydrogen-bond donors (Lipinski definition) is 0. The van der Waals surface area contributed by atoms with Crippen LogP contribution in [0.3, 0.4) is 0 Å². The van der Waals surface area contributed by atoms with Crippen molar-refractivity contribution in [2.24, 2.45) is 0 Å². The Morgan fingerprint density at radius 1 is 1.21 bits per heavy atom. The molecule has 2 rings (SSSR count). The van der Waals surface area contributed by atoms with Crippen LogP contribution in [0.2, 0.25) is 8.67 Å². The molecule has 0 aliphatic carbocycles. The molecule has 1 atom stereocenters. The molecule has 14 heavy (non-hydrogen) atoms. The maximum atomic E-state index is 5.87. The lowest BCUT2D eigenvalue weighted by Gasteiger charge is -2.03. The topological polar surface area (TPSA) is 0 Å². The van der Waals surface area contributed by atoms with Crippen LogP contribution in [0.25, 0.3) is 0 Å². The van der Waals surface area contributed by atoms with Gasteiger partial charge >= 0.3 is 0 Å². The van der Waals surface area contributed by atoms with E-state index in [2.05, 4.69) is 21.3 Å². The zero-order valence-corrected chi connectivity index (χ0v) is 11.6. The molecular formula is C9H5BrCl2S2. The van der Waals surface area contributed by atoms with Crippen LogP contribution in [0, 0.1) is 0 Å². The van der Waals surface area contributed by atoms with E-state index < -0.39 is 0 Å². The molecule has 0 aliphatic rings. The van der Waals surface area contributed by atoms with Gasteiger partial charge in [-0.15, -0.1) is 22.7 Å². The van der Waals surface area contributed by atoms with Crippen LogP contribution in [0.1, 0.15) is 15.3 Å². The molecule has 0 aromatic carbocycles. The van der Waals surface area contributed by atoms with Crippen LogP contribution in [0.5, 0.6) is 0 Å². The number of thiophene rings is 2. The highest BCUT2D eigenvalue weighted by Gasteiger charge is 2.13. The fourth-order valence-corrected chi connectivity index (χ4v) is 3.94. The van der Waals surface area contributed by atoms with Crippen molar-refractivity contribution in [2.75, 3.05) is 0 Å².